The number of ether oxygens (including phenoxy) is 1. The molecule has 1 fully saturated rings. The normalized spacial score (nSPS) is 19.6. The van der Waals surface area contributed by atoms with E-state index in [4.69, 9.17) is 11.2 Å². The van der Waals surface area contributed by atoms with E-state index in [0.717, 1.165) is 32.4 Å². The number of terminal acetylenes is 1. The zero-order chi connectivity index (χ0) is 13.3. The van der Waals surface area contributed by atoms with Gasteiger partial charge in [-0.3, -0.25) is 0 Å². The summed E-state index contributed by atoms with van der Waals surface area (Å²) in [7, 11) is 0. The topological polar surface area (TPSA) is 21.3 Å². The molecule has 1 N–H and O–H groups in total. The van der Waals surface area contributed by atoms with Crippen molar-refractivity contribution in [3.63, 3.8) is 0 Å². The lowest BCUT2D eigenvalue weighted by Crippen LogP contribution is -2.51. The summed E-state index contributed by atoms with van der Waals surface area (Å²) in [4.78, 5) is 0. The molecule has 1 unspecified atom stereocenters. The van der Waals surface area contributed by atoms with Crippen LogP contribution in [0.25, 0.3) is 0 Å². The van der Waals surface area contributed by atoms with Crippen LogP contribution in [0.2, 0.25) is 0 Å². The molecule has 0 bridgehead atoms. The van der Waals surface area contributed by atoms with Crippen LogP contribution in [-0.2, 0) is 4.74 Å². The van der Waals surface area contributed by atoms with E-state index in [1.165, 1.54) is 32.1 Å². The Hall–Kier alpha value is -0.520. The molecule has 0 amide bonds. The van der Waals surface area contributed by atoms with Gasteiger partial charge in [-0.15, -0.1) is 12.3 Å². The summed E-state index contributed by atoms with van der Waals surface area (Å²) in [6.07, 6.45) is 14.7. The Morgan fingerprint density at radius 2 is 2.06 bits per heavy atom. The summed E-state index contributed by atoms with van der Waals surface area (Å²) in [5.41, 5.74) is 0.0819. The fourth-order valence-corrected chi connectivity index (χ4v) is 3.13. The maximum Gasteiger partial charge on any atom is 0.0834 e. The van der Waals surface area contributed by atoms with Gasteiger partial charge in [0.05, 0.1) is 5.60 Å². The van der Waals surface area contributed by atoms with Gasteiger partial charge in [0.1, 0.15) is 0 Å². The fraction of sp³-hybridized carbons (Fsp3) is 0.875. The van der Waals surface area contributed by atoms with Crippen molar-refractivity contribution in [2.45, 2.75) is 76.9 Å². The number of unbranched alkanes of at least 4 members (excludes halogenated alkanes) is 1. The molecule has 1 aliphatic carbocycles. The first kappa shape index (κ1) is 15.5. The maximum atomic E-state index is 6.17. The van der Waals surface area contributed by atoms with E-state index >= 15 is 0 Å². The van der Waals surface area contributed by atoms with Gasteiger partial charge in [0.25, 0.3) is 0 Å². The molecule has 1 rings (SSSR count). The van der Waals surface area contributed by atoms with Crippen molar-refractivity contribution in [3.05, 3.63) is 0 Å². The Morgan fingerprint density at radius 1 is 1.33 bits per heavy atom. The lowest BCUT2D eigenvalue weighted by atomic mass is 9.88. The van der Waals surface area contributed by atoms with E-state index in [0.29, 0.717) is 6.04 Å². The fourth-order valence-electron chi connectivity index (χ4n) is 3.13. The van der Waals surface area contributed by atoms with Crippen LogP contribution in [-0.4, -0.2) is 24.8 Å². The van der Waals surface area contributed by atoms with Gasteiger partial charge in [0, 0.05) is 19.1 Å². The maximum absolute atomic E-state index is 6.17. The predicted molar refractivity (Wildman–Crippen MR) is 77.6 cm³/mol. The minimum Gasteiger partial charge on any atom is -0.374 e. The summed E-state index contributed by atoms with van der Waals surface area (Å²) in [5, 5.41) is 3.70. The third-order valence-electron chi connectivity index (χ3n) is 3.97. The van der Waals surface area contributed by atoms with Crippen LogP contribution in [0, 0.1) is 12.3 Å². The summed E-state index contributed by atoms with van der Waals surface area (Å²) in [6.45, 7) is 6.22. The molecule has 0 saturated heterocycles. The molecule has 2 nitrogen and oxygen atoms in total. The van der Waals surface area contributed by atoms with E-state index in [1.807, 2.05) is 0 Å². The second-order valence-corrected chi connectivity index (χ2v) is 5.31. The van der Waals surface area contributed by atoms with Crippen LogP contribution < -0.4 is 5.32 Å². The SMILES string of the molecule is C#CCCCC(NCCC)C1(OCC)CCCC1. The van der Waals surface area contributed by atoms with Crippen LogP contribution in [0.1, 0.15) is 65.2 Å². The molecular formula is C16H29NO. The third-order valence-corrected chi connectivity index (χ3v) is 3.97. The van der Waals surface area contributed by atoms with Gasteiger partial charge in [-0.2, -0.15) is 0 Å². The molecule has 0 aromatic carbocycles. The van der Waals surface area contributed by atoms with Gasteiger partial charge in [0.2, 0.25) is 0 Å². The van der Waals surface area contributed by atoms with E-state index in [-0.39, 0.29) is 5.60 Å². The molecule has 0 radical (unpaired) electrons. The van der Waals surface area contributed by atoms with E-state index < -0.39 is 0 Å². The van der Waals surface area contributed by atoms with Crippen molar-refractivity contribution < 1.29 is 4.74 Å². The van der Waals surface area contributed by atoms with Gasteiger partial charge in [-0.1, -0.05) is 19.8 Å². The Bertz CT molecular complexity index is 250. The molecular weight excluding hydrogens is 222 g/mol. The lowest BCUT2D eigenvalue weighted by molar-refractivity contribution is -0.0634. The molecule has 0 aromatic rings. The Morgan fingerprint density at radius 3 is 2.61 bits per heavy atom. The second kappa shape index (κ2) is 8.56. The number of rotatable bonds is 9. The summed E-state index contributed by atoms with van der Waals surface area (Å²) < 4.78 is 6.17. The average molecular weight is 251 g/mol. The van der Waals surface area contributed by atoms with E-state index in [2.05, 4.69) is 25.1 Å². The highest BCUT2D eigenvalue weighted by molar-refractivity contribution is 4.97. The molecule has 0 spiro atoms. The standard InChI is InChI=1S/C16H29NO/c1-4-7-8-11-15(17-14-5-2)16(18-6-3)12-9-10-13-16/h1,15,17H,5-14H2,2-3H3. The molecule has 1 atom stereocenters. The average Bonchev–Trinajstić information content (AvgIpc) is 2.83. The van der Waals surface area contributed by atoms with Gasteiger partial charge in [0.15, 0.2) is 0 Å². The molecule has 0 aliphatic heterocycles. The molecule has 0 heterocycles. The highest BCUT2D eigenvalue weighted by atomic mass is 16.5. The van der Waals surface area contributed by atoms with E-state index in [1.54, 1.807) is 0 Å². The third kappa shape index (κ3) is 4.30. The van der Waals surface area contributed by atoms with Gasteiger partial charge in [-0.25, -0.2) is 0 Å². The van der Waals surface area contributed by atoms with E-state index in [9.17, 15) is 0 Å². The van der Waals surface area contributed by atoms with Gasteiger partial charge in [-0.05, 0) is 45.6 Å². The minimum atomic E-state index is 0.0819. The lowest BCUT2D eigenvalue weighted by Gasteiger charge is -2.38. The largest absolute Gasteiger partial charge is 0.374 e. The van der Waals surface area contributed by atoms with Crippen LogP contribution in [0.3, 0.4) is 0 Å². The molecule has 18 heavy (non-hydrogen) atoms. The molecule has 2 heteroatoms. The first-order valence-electron chi connectivity index (χ1n) is 7.60. The van der Waals surface area contributed by atoms with Crippen molar-refractivity contribution >= 4 is 0 Å². The van der Waals surface area contributed by atoms with Crippen LogP contribution in [0.5, 0.6) is 0 Å². The molecule has 104 valence electrons. The van der Waals surface area contributed by atoms with Crippen molar-refractivity contribution in [2.24, 2.45) is 0 Å². The Balaban J connectivity index is 2.61. The zero-order valence-corrected chi connectivity index (χ0v) is 12.1. The van der Waals surface area contributed by atoms with Crippen LogP contribution in [0.4, 0.5) is 0 Å². The zero-order valence-electron chi connectivity index (χ0n) is 12.1. The van der Waals surface area contributed by atoms with Crippen molar-refractivity contribution in [1.82, 2.24) is 5.32 Å². The summed E-state index contributed by atoms with van der Waals surface area (Å²) in [6, 6.07) is 0.480. The highest BCUT2D eigenvalue weighted by Gasteiger charge is 2.41. The first-order valence-corrected chi connectivity index (χ1v) is 7.60. The van der Waals surface area contributed by atoms with Gasteiger partial charge < -0.3 is 10.1 Å². The summed E-state index contributed by atoms with van der Waals surface area (Å²) >= 11 is 0. The van der Waals surface area contributed by atoms with Crippen molar-refractivity contribution in [3.8, 4) is 12.3 Å². The monoisotopic (exact) mass is 251 g/mol. The van der Waals surface area contributed by atoms with Gasteiger partial charge >= 0.3 is 0 Å². The van der Waals surface area contributed by atoms with Crippen LogP contribution in [0.15, 0.2) is 0 Å². The Kier molecular flexibility index (Phi) is 7.39. The Labute approximate surface area is 113 Å². The molecule has 1 aliphatic rings. The van der Waals surface area contributed by atoms with Crippen molar-refractivity contribution in [1.29, 1.82) is 0 Å². The second-order valence-electron chi connectivity index (χ2n) is 5.31. The molecule has 1 saturated carbocycles. The minimum absolute atomic E-state index is 0.0819. The highest BCUT2D eigenvalue weighted by Crippen LogP contribution is 2.37. The quantitative estimate of drug-likeness (QED) is 0.500. The number of hydrogen-bond acceptors (Lipinski definition) is 2. The molecule has 0 aromatic heterocycles. The number of hydrogen-bond donors (Lipinski definition) is 1. The smallest absolute Gasteiger partial charge is 0.0834 e. The van der Waals surface area contributed by atoms with Crippen molar-refractivity contribution in [2.75, 3.05) is 13.2 Å². The van der Waals surface area contributed by atoms with Crippen LogP contribution >= 0.6 is 0 Å². The predicted octanol–water partition coefficient (Wildman–Crippen LogP) is 3.51. The summed E-state index contributed by atoms with van der Waals surface area (Å²) in [5.74, 6) is 2.75. The number of nitrogens with one attached hydrogen (secondary N) is 1. The first-order chi connectivity index (χ1) is 8.79.